The van der Waals surface area contributed by atoms with Crippen LogP contribution < -0.4 is 4.90 Å². The normalized spacial score (nSPS) is 14.5. The Balaban J connectivity index is 1.85. The van der Waals surface area contributed by atoms with Crippen molar-refractivity contribution in [2.75, 3.05) is 4.90 Å². The van der Waals surface area contributed by atoms with Gasteiger partial charge in [-0.2, -0.15) is 0 Å². The average molecular weight is 393 g/mol. The Morgan fingerprint density at radius 2 is 1.10 bits per heavy atom. The lowest BCUT2D eigenvalue weighted by atomic mass is 9.70. The topological polar surface area (TPSA) is 60.8 Å². The van der Waals surface area contributed by atoms with E-state index in [-0.39, 0.29) is 17.4 Å². The average Bonchev–Trinajstić information content (AvgIpc) is 3.04. The number of para-hydroxylation sites is 2. The molecule has 0 radical (unpaired) electrons. The van der Waals surface area contributed by atoms with Crippen LogP contribution in [0.25, 0.3) is 0 Å². The van der Waals surface area contributed by atoms with Crippen molar-refractivity contribution >= 4 is 17.3 Å². The molecular weight excluding hydrogens is 374 g/mol. The minimum Gasteiger partial charge on any atom is -0.508 e. The molecule has 0 aromatic heterocycles. The summed E-state index contributed by atoms with van der Waals surface area (Å²) in [4.78, 5) is 16.0. The first kappa shape index (κ1) is 18.0. The number of aromatic hydroxyl groups is 2. The molecule has 1 aliphatic heterocycles. The maximum atomic E-state index is 14.3. The molecule has 0 saturated heterocycles. The molecule has 0 bridgehead atoms. The van der Waals surface area contributed by atoms with Crippen molar-refractivity contribution < 1.29 is 15.0 Å². The summed E-state index contributed by atoms with van der Waals surface area (Å²) in [5, 5.41) is 19.7. The van der Waals surface area contributed by atoms with E-state index in [2.05, 4.69) is 0 Å². The largest absolute Gasteiger partial charge is 0.508 e. The van der Waals surface area contributed by atoms with E-state index in [9.17, 15) is 15.0 Å². The monoisotopic (exact) mass is 393 g/mol. The van der Waals surface area contributed by atoms with Crippen molar-refractivity contribution in [2.24, 2.45) is 0 Å². The Morgan fingerprint density at radius 1 is 0.600 bits per heavy atom. The Kier molecular flexibility index (Phi) is 4.07. The van der Waals surface area contributed by atoms with E-state index in [1.54, 1.807) is 53.4 Å². The summed E-state index contributed by atoms with van der Waals surface area (Å²) in [7, 11) is 0. The Morgan fingerprint density at radius 3 is 1.67 bits per heavy atom. The zero-order valence-corrected chi connectivity index (χ0v) is 16.1. The molecule has 4 nitrogen and oxygen atoms in total. The molecule has 4 heteroatoms. The van der Waals surface area contributed by atoms with Crippen molar-refractivity contribution in [1.82, 2.24) is 0 Å². The number of amides is 1. The highest BCUT2D eigenvalue weighted by Crippen LogP contribution is 2.52. The van der Waals surface area contributed by atoms with E-state index in [4.69, 9.17) is 0 Å². The lowest BCUT2D eigenvalue weighted by Crippen LogP contribution is -2.40. The molecule has 0 saturated carbocycles. The van der Waals surface area contributed by atoms with Crippen LogP contribution in [0.2, 0.25) is 0 Å². The Labute approximate surface area is 174 Å². The second-order valence-electron chi connectivity index (χ2n) is 7.34. The number of phenolic OH excluding ortho intramolecular Hbond substituents is 2. The van der Waals surface area contributed by atoms with E-state index in [0.717, 1.165) is 28.1 Å². The molecule has 146 valence electrons. The fraction of sp³-hybridized carbons (Fsp3) is 0.0385. The number of phenols is 2. The van der Waals surface area contributed by atoms with E-state index < -0.39 is 5.41 Å². The van der Waals surface area contributed by atoms with Crippen molar-refractivity contribution in [2.45, 2.75) is 5.41 Å². The van der Waals surface area contributed by atoms with E-state index in [1.807, 2.05) is 54.6 Å². The zero-order chi connectivity index (χ0) is 20.7. The summed E-state index contributed by atoms with van der Waals surface area (Å²) < 4.78 is 0. The van der Waals surface area contributed by atoms with E-state index in [1.165, 1.54) is 0 Å². The van der Waals surface area contributed by atoms with Gasteiger partial charge in [0.2, 0.25) is 0 Å². The summed E-state index contributed by atoms with van der Waals surface area (Å²) in [5.74, 6) is 0.169. The van der Waals surface area contributed by atoms with Gasteiger partial charge in [-0.1, -0.05) is 60.7 Å². The third-order valence-electron chi connectivity index (χ3n) is 5.69. The third kappa shape index (κ3) is 2.51. The summed E-state index contributed by atoms with van der Waals surface area (Å²) in [6, 6.07) is 30.8. The van der Waals surface area contributed by atoms with Crippen LogP contribution in [0.3, 0.4) is 0 Å². The first-order chi connectivity index (χ1) is 14.6. The highest BCUT2D eigenvalue weighted by atomic mass is 16.3. The summed E-state index contributed by atoms with van der Waals surface area (Å²) in [6.07, 6.45) is 0. The van der Waals surface area contributed by atoms with E-state index >= 15 is 0 Å². The fourth-order valence-electron chi connectivity index (χ4n) is 4.36. The molecule has 1 heterocycles. The van der Waals surface area contributed by atoms with Crippen LogP contribution in [0.15, 0.2) is 103 Å². The number of hydrogen-bond acceptors (Lipinski definition) is 3. The number of nitrogens with zero attached hydrogens (tertiary/aromatic N) is 1. The molecule has 1 aliphatic rings. The van der Waals surface area contributed by atoms with Crippen molar-refractivity contribution in [1.29, 1.82) is 0 Å². The fourth-order valence-corrected chi connectivity index (χ4v) is 4.36. The van der Waals surface area contributed by atoms with Crippen LogP contribution in [0.1, 0.15) is 16.7 Å². The number of carbonyl (C=O) groups excluding carboxylic acids is 1. The first-order valence-electron chi connectivity index (χ1n) is 9.70. The number of carbonyl (C=O) groups is 1. The van der Waals surface area contributed by atoms with E-state index in [0.29, 0.717) is 0 Å². The molecule has 0 unspecified atom stereocenters. The van der Waals surface area contributed by atoms with Gasteiger partial charge in [-0.15, -0.1) is 0 Å². The van der Waals surface area contributed by atoms with Gasteiger partial charge in [0.05, 0.1) is 5.69 Å². The molecule has 30 heavy (non-hydrogen) atoms. The van der Waals surface area contributed by atoms with Gasteiger partial charge in [0.25, 0.3) is 5.91 Å². The van der Waals surface area contributed by atoms with Crippen molar-refractivity contribution in [3.8, 4) is 11.5 Å². The van der Waals surface area contributed by atoms with Crippen LogP contribution in [0.5, 0.6) is 11.5 Å². The lowest BCUT2D eigenvalue weighted by molar-refractivity contribution is -0.120. The number of hydrogen-bond donors (Lipinski definition) is 2. The molecule has 0 spiro atoms. The van der Waals surface area contributed by atoms with Crippen LogP contribution in [-0.4, -0.2) is 16.1 Å². The molecular formula is C26H19NO3. The minimum absolute atomic E-state index is 0.105. The maximum Gasteiger partial charge on any atom is 0.251 e. The van der Waals surface area contributed by atoms with Crippen LogP contribution in [-0.2, 0) is 10.2 Å². The van der Waals surface area contributed by atoms with Gasteiger partial charge in [0.1, 0.15) is 16.9 Å². The molecule has 0 fully saturated rings. The highest BCUT2D eigenvalue weighted by Gasteiger charge is 2.53. The molecule has 1 amide bonds. The second kappa shape index (κ2) is 6.78. The standard InChI is InChI=1S/C26H19NO3/c28-21-14-10-18(11-15-21)26(19-12-16-22(29)17-13-19)23-8-4-5-9-24(23)27(25(26)30)20-6-2-1-3-7-20/h1-17,28-29H. The molecule has 4 aromatic carbocycles. The highest BCUT2D eigenvalue weighted by molar-refractivity contribution is 6.17. The SMILES string of the molecule is O=C1N(c2ccccc2)c2ccccc2C1(c1ccc(O)cc1)c1ccc(O)cc1. The first-order valence-corrected chi connectivity index (χ1v) is 9.70. The molecule has 0 atom stereocenters. The van der Waals surface area contributed by atoms with Gasteiger partial charge < -0.3 is 10.2 Å². The number of benzene rings is 4. The Bertz CT molecular complexity index is 1170. The quantitative estimate of drug-likeness (QED) is 0.508. The zero-order valence-electron chi connectivity index (χ0n) is 16.1. The minimum atomic E-state index is -1.10. The second-order valence-corrected chi connectivity index (χ2v) is 7.34. The number of fused-ring (bicyclic) bond motifs is 1. The van der Waals surface area contributed by atoms with Crippen molar-refractivity contribution in [3.63, 3.8) is 0 Å². The predicted octanol–water partition coefficient (Wildman–Crippen LogP) is 5.11. The maximum absolute atomic E-state index is 14.3. The van der Waals surface area contributed by atoms with Crippen LogP contribution >= 0.6 is 0 Å². The van der Waals surface area contributed by atoms with Gasteiger partial charge in [-0.05, 0) is 53.6 Å². The smallest absolute Gasteiger partial charge is 0.251 e. The lowest BCUT2D eigenvalue weighted by Gasteiger charge is -2.30. The summed E-state index contributed by atoms with van der Waals surface area (Å²) in [6.45, 7) is 0. The van der Waals surface area contributed by atoms with Crippen LogP contribution in [0.4, 0.5) is 11.4 Å². The molecule has 5 rings (SSSR count). The van der Waals surface area contributed by atoms with Crippen LogP contribution in [0, 0.1) is 0 Å². The summed E-state index contributed by atoms with van der Waals surface area (Å²) in [5.41, 5.74) is 2.86. The molecule has 4 aromatic rings. The van der Waals surface area contributed by atoms with Gasteiger partial charge in [-0.25, -0.2) is 0 Å². The van der Waals surface area contributed by atoms with Gasteiger partial charge in [-0.3, -0.25) is 9.69 Å². The number of rotatable bonds is 3. The molecule has 2 N–H and O–H groups in total. The Hall–Kier alpha value is -4.05. The summed E-state index contributed by atoms with van der Waals surface area (Å²) >= 11 is 0. The van der Waals surface area contributed by atoms with Gasteiger partial charge >= 0.3 is 0 Å². The van der Waals surface area contributed by atoms with Gasteiger partial charge in [0, 0.05) is 11.3 Å². The van der Waals surface area contributed by atoms with Gasteiger partial charge in [0.15, 0.2) is 0 Å². The number of anilines is 2. The molecule has 0 aliphatic carbocycles. The third-order valence-corrected chi connectivity index (χ3v) is 5.69. The van der Waals surface area contributed by atoms with Crippen molar-refractivity contribution in [3.05, 3.63) is 120 Å². The predicted molar refractivity (Wildman–Crippen MR) is 116 cm³/mol.